The predicted octanol–water partition coefficient (Wildman–Crippen LogP) is 4.31. The van der Waals surface area contributed by atoms with Crippen LogP contribution in [-0.2, 0) is 0 Å². The first-order chi connectivity index (χ1) is 11.9. The van der Waals surface area contributed by atoms with Gasteiger partial charge in [0.1, 0.15) is 11.9 Å². The minimum Gasteiger partial charge on any atom is -0.405 e. The van der Waals surface area contributed by atoms with Crippen molar-refractivity contribution in [2.24, 2.45) is 0 Å². The Balaban J connectivity index is 1.78. The summed E-state index contributed by atoms with van der Waals surface area (Å²) in [6.45, 7) is 0. The molecule has 0 bridgehead atoms. The molecule has 4 rings (SSSR count). The van der Waals surface area contributed by atoms with E-state index in [1.807, 2.05) is 0 Å². The second-order valence-corrected chi connectivity index (χ2v) is 6.12. The van der Waals surface area contributed by atoms with Crippen molar-refractivity contribution in [1.29, 1.82) is 0 Å². The third kappa shape index (κ3) is 3.01. The number of para-hydroxylation sites is 2. The summed E-state index contributed by atoms with van der Waals surface area (Å²) in [5.41, 5.74) is 1.42. The van der Waals surface area contributed by atoms with Crippen LogP contribution in [0.4, 0.5) is 18.9 Å². The highest BCUT2D eigenvalue weighted by molar-refractivity contribution is 6.02. The molecule has 1 fully saturated rings. The zero-order valence-electron chi connectivity index (χ0n) is 13.1. The van der Waals surface area contributed by atoms with Crippen LogP contribution in [0.25, 0.3) is 0 Å². The van der Waals surface area contributed by atoms with Gasteiger partial charge in [0.2, 0.25) is 0 Å². The average Bonchev–Trinajstić information content (AvgIpc) is 3.38. The van der Waals surface area contributed by atoms with Crippen molar-refractivity contribution >= 4 is 11.6 Å². The number of nitrogens with zero attached hydrogens (tertiary/aromatic N) is 1. The first-order valence-electron chi connectivity index (χ1n) is 7.97. The summed E-state index contributed by atoms with van der Waals surface area (Å²) in [4.78, 5) is 14.5. The highest BCUT2D eigenvalue weighted by Crippen LogP contribution is 2.43. The Morgan fingerprint density at radius 2 is 1.72 bits per heavy atom. The molecule has 130 valence electrons. The van der Waals surface area contributed by atoms with Gasteiger partial charge in [-0.25, -0.2) is 0 Å². The quantitative estimate of drug-likeness (QED) is 0.898. The Kier molecular flexibility index (Phi) is 3.59. The van der Waals surface area contributed by atoms with Crippen molar-refractivity contribution in [3.8, 4) is 5.75 Å². The van der Waals surface area contributed by atoms with Crippen molar-refractivity contribution in [3.63, 3.8) is 0 Å². The van der Waals surface area contributed by atoms with E-state index >= 15 is 0 Å². The van der Waals surface area contributed by atoms with Gasteiger partial charge in [0.15, 0.2) is 0 Å². The molecule has 1 aliphatic heterocycles. The fourth-order valence-electron chi connectivity index (χ4n) is 3.15. The van der Waals surface area contributed by atoms with Gasteiger partial charge in [-0.2, -0.15) is 0 Å². The molecule has 2 aliphatic rings. The molecule has 7 heteroatoms. The first kappa shape index (κ1) is 15.8. The number of hydrogen-bond donors (Lipinski definition) is 1. The van der Waals surface area contributed by atoms with Gasteiger partial charge in [0.05, 0.1) is 5.56 Å². The molecular weight excluding hydrogens is 333 g/mol. The van der Waals surface area contributed by atoms with Crippen LogP contribution in [0.5, 0.6) is 5.75 Å². The molecule has 2 aromatic carbocycles. The molecule has 1 heterocycles. The van der Waals surface area contributed by atoms with Gasteiger partial charge in [0.25, 0.3) is 5.91 Å². The van der Waals surface area contributed by atoms with E-state index in [1.165, 1.54) is 12.1 Å². The van der Waals surface area contributed by atoms with Gasteiger partial charge in [0, 0.05) is 17.3 Å². The lowest BCUT2D eigenvalue weighted by atomic mass is 10.0. The molecular formula is C18H15F3N2O2. The molecule has 25 heavy (non-hydrogen) atoms. The van der Waals surface area contributed by atoms with Crippen LogP contribution in [0.15, 0.2) is 48.5 Å². The highest BCUT2D eigenvalue weighted by Gasteiger charge is 2.43. The molecule has 0 saturated heterocycles. The molecule has 0 radical (unpaired) electrons. The molecule has 4 nitrogen and oxygen atoms in total. The van der Waals surface area contributed by atoms with Gasteiger partial charge < -0.3 is 15.0 Å². The zero-order valence-corrected chi connectivity index (χ0v) is 13.1. The number of anilines is 1. The Labute approximate surface area is 142 Å². The first-order valence-corrected chi connectivity index (χ1v) is 7.97. The highest BCUT2D eigenvalue weighted by atomic mass is 19.4. The summed E-state index contributed by atoms with van der Waals surface area (Å²) < 4.78 is 42.4. The maximum Gasteiger partial charge on any atom is 0.573 e. The van der Waals surface area contributed by atoms with Crippen LogP contribution in [0, 0.1) is 0 Å². The molecule has 1 saturated carbocycles. The number of benzene rings is 2. The Bertz CT molecular complexity index is 818. The fraction of sp³-hybridized carbons (Fsp3) is 0.278. The minimum atomic E-state index is -4.79. The Hall–Kier alpha value is -2.70. The van der Waals surface area contributed by atoms with Crippen molar-refractivity contribution in [3.05, 3.63) is 59.7 Å². The van der Waals surface area contributed by atoms with Gasteiger partial charge in [-0.3, -0.25) is 4.79 Å². The van der Waals surface area contributed by atoms with Gasteiger partial charge >= 0.3 is 6.36 Å². The summed E-state index contributed by atoms with van der Waals surface area (Å²) >= 11 is 0. The molecule has 1 aliphatic carbocycles. The van der Waals surface area contributed by atoms with E-state index in [2.05, 4.69) is 10.1 Å². The molecule has 1 N–H and O–H groups in total. The summed E-state index contributed by atoms with van der Waals surface area (Å²) in [6, 6.07) is 13.0. The van der Waals surface area contributed by atoms with Gasteiger partial charge in [-0.15, -0.1) is 13.2 Å². The Morgan fingerprint density at radius 1 is 1.04 bits per heavy atom. The second kappa shape index (κ2) is 5.68. The maximum atomic E-state index is 12.9. The van der Waals surface area contributed by atoms with Crippen LogP contribution in [0.2, 0.25) is 0 Å². The SMILES string of the molecule is O=C1c2ccccc2N[C@@H](c2ccccc2OC(F)(F)F)N1C1CC1. The van der Waals surface area contributed by atoms with E-state index in [4.69, 9.17) is 0 Å². The minimum absolute atomic E-state index is 0.0253. The zero-order chi connectivity index (χ0) is 17.6. The van der Waals surface area contributed by atoms with Crippen LogP contribution in [0.3, 0.4) is 0 Å². The predicted molar refractivity (Wildman–Crippen MR) is 85.1 cm³/mol. The van der Waals surface area contributed by atoms with Crippen molar-refractivity contribution in [1.82, 2.24) is 4.90 Å². The standard InChI is InChI=1S/C18H15F3N2O2/c19-18(20,21)25-15-8-4-2-6-13(15)16-22-14-7-3-1-5-12(14)17(24)23(16)11-9-10-11/h1-8,11,16,22H,9-10H2/t16-/m1/s1. The lowest BCUT2D eigenvalue weighted by molar-refractivity contribution is -0.275. The van der Waals surface area contributed by atoms with E-state index < -0.39 is 12.5 Å². The van der Waals surface area contributed by atoms with Crippen LogP contribution >= 0.6 is 0 Å². The molecule has 0 aromatic heterocycles. The lowest BCUT2D eigenvalue weighted by Crippen LogP contribution is -2.44. The molecule has 2 aromatic rings. The van der Waals surface area contributed by atoms with E-state index in [-0.39, 0.29) is 23.3 Å². The summed E-state index contributed by atoms with van der Waals surface area (Å²) in [5, 5.41) is 3.20. The van der Waals surface area contributed by atoms with Crippen molar-refractivity contribution in [2.75, 3.05) is 5.32 Å². The summed E-state index contributed by atoms with van der Waals surface area (Å²) in [5.74, 6) is -0.478. The number of amides is 1. The number of fused-ring (bicyclic) bond motifs is 1. The maximum absolute atomic E-state index is 12.9. The number of carbonyl (C=O) groups is 1. The average molecular weight is 348 g/mol. The van der Waals surface area contributed by atoms with E-state index in [0.29, 0.717) is 11.3 Å². The van der Waals surface area contributed by atoms with E-state index in [9.17, 15) is 18.0 Å². The van der Waals surface area contributed by atoms with Crippen molar-refractivity contribution < 1.29 is 22.7 Å². The number of carbonyl (C=O) groups excluding carboxylic acids is 1. The number of halogens is 3. The topological polar surface area (TPSA) is 41.6 Å². The monoisotopic (exact) mass is 348 g/mol. The molecule has 1 amide bonds. The number of alkyl halides is 3. The third-order valence-corrected chi connectivity index (χ3v) is 4.34. The van der Waals surface area contributed by atoms with Crippen molar-refractivity contribution in [2.45, 2.75) is 31.4 Å². The smallest absolute Gasteiger partial charge is 0.405 e. The number of rotatable bonds is 3. The normalized spacial score (nSPS) is 20.0. The molecule has 1 atom stereocenters. The number of nitrogens with one attached hydrogen (secondary N) is 1. The largest absolute Gasteiger partial charge is 0.573 e. The van der Waals surface area contributed by atoms with Crippen LogP contribution in [0.1, 0.15) is 34.9 Å². The fourth-order valence-corrected chi connectivity index (χ4v) is 3.15. The van der Waals surface area contributed by atoms with Crippen LogP contribution < -0.4 is 10.1 Å². The summed E-state index contributed by atoms with van der Waals surface area (Å²) in [6.07, 6.45) is -3.81. The number of ether oxygens (including phenoxy) is 1. The number of hydrogen-bond acceptors (Lipinski definition) is 3. The van der Waals surface area contributed by atoms with Gasteiger partial charge in [-0.1, -0.05) is 30.3 Å². The Morgan fingerprint density at radius 3 is 2.44 bits per heavy atom. The lowest BCUT2D eigenvalue weighted by Gasteiger charge is -2.39. The van der Waals surface area contributed by atoms with Crippen LogP contribution in [-0.4, -0.2) is 23.2 Å². The summed E-state index contributed by atoms with van der Waals surface area (Å²) in [7, 11) is 0. The van der Waals surface area contributed by atoms with E-state index in [1.54, 1.807) is 41.3 Å². The third-order valence-electron chi connectivity index (χ3n) is 4.34. The molecule has 0 unspecified atom stereocenters. The molecule has 0 spiro atoms. The van der Waals surface area contributed by atoms with Gasteiger partial charge in [-0.05, 0) is 31.0 Å². The van der Waals surface area contributed by atoms with E-state index in [0.717, 1.165) is 12.8 Å². The second-order valence-electron chi connectivity index (χ2n) is 6.12.